The Morgan fingerprint density at radius 2 is 2.00 bits per heavy atom. The number of carbonyl (C=O) groups is 2. The molecular weight excluding hydrogens is 194 g/mol. The molecule has 84 valence electrons. The van der Waals surface area contributed by atoms with Gasteiger partial charge in [0.1, 0.15) is 0 Å². The van der Waals surface area contributed by atoms with Gasteiger partial charge in [-0.3, -0.25) is 14.9 Å². The molecule has 15 heavy (non-hydrogen) atoms. The standard InChI is InChI=1S/C11H17NO3/c1-2-3-6-15-7-4-5-9-8-10(13)12-11(9)14/h8H,2-7H2,1H3,(H,12,13,14). The molecule has 4 nitrogen and oxygen atoms in total. The molecule has 0 fully saturated rings. The number of imide groups is 1. The summed E-state index contributed by atoms with van der Waals surface area (Å²) in [7, 11) is 0. The molecule has 1 N–H and O–H groups in total. The predicted octanol–water partition coefficient (Wildman–Crippen LogP) is 1.17. The number of amides is 2. The average molecular weight is 211 g/mol. The van der Waals surface area contributed by atoms with Crippen molar-refractivity contribution < 1.29 is 14.3 Å². The maximum absolute atomic E-state index is 11.1. The third-order valence-electron chi connectivity index (χ3n) is 2.21. The fourth-order valence-corrected chi connectivity index (χ4v) is 1.35. The van der Waals surface area contributed by atoms with E-state index in [0.717, 1.165) is 25.9 Å². The third kappa shape index (κ3) is 4.25. The fourth-order valence-electron chi connectivity index (χ4n) is 1.35. The van der Waals surface area contributed by atoms with Crippen LogP contribution in [0, 0.1) is 0 Å². The lowest BCUT2D eigenvalue weighted by atomic mass is 10.1. The van der Waals surface area contributed by atoms with Gasteiger partial charge in [-0.25, -0.2) is 0 Å². The smallest absolute Gasteiger partial charge is 0.254 e. The summed E-state index contributed by atoms with van der Waals surface area (Å²) in [6.07, 6.45) is 4.97. The first kappa shape index (κ1) is 11.9. The quantitative estimate of drug-likeness (QED) is 0.508. The lowest BCUT2D eigenvalue weighted by Gasteiger charge is -2.02. The summed E-state index contributed by atoms with van der Waals surface area (Å²) < 4.78 is 5.35. The summed E-state index contributed by atoms with van der Waals surface area (Å²) in [5, 5.41) is 2.22. The van der Waals surface area contributed by atoms with Crippen LogP contribution in [0.2, 0.25) is 0 Å². The largest absolute Gasteiger partial charge is 0.381 e. The summed E-state index contributed by atoms with van der Waals surface area (Å²) in [5.41, 5.74) is 0.569. The van der Waals surface area contributed by atoms with Crippen molar-refractivity contribution in [3.63, 3.8) is 0 Å². The minimum absolute atomic E-state index is 0.256. The van der Waals surface area contributed by atoms with Gasteiger partial charge in [0.2, 0.25) is 0 Å². The molecule has 1 aliphatic heterocycles. The Morgan fingerprint density at radius 1 is 1.27 bits per heavy atom. The Morgan fingerprint density at radius 3 is 2.60 bits per heavy atom. The zero-order valence-electron chi connectivity index (χ0n) is 9.04. The van der Waals surface area contributed by atoms with Crippen LogP contribution in [0.1, 0.15) is 32.6 Å². The van der Waals surface area contributed by atoms with Crippen LogP contribution in [0.25, 0.3) is 0 Å². The molecule has 0 unspecified atom stereocenters. The molecule has 0 radical (unpaired) electrons. The van der Waals surface area contributed by atoms with Crippen molar-refractivity contribution in [2.45, 2.75) is 32.6 Å². The molecule has 2 amide bonds. The lowest BCUT2D eigenvalue weighted by Crippen LogP contribution is -2.22. The summed E-state index contributed by atoms with van der Waals surface area (Å²) >= 11 is 0. The molecule has 0 atom stereocenters. The average Bonchev–Trinajstić information content (AvgIpc) is 2.51. The molecule has 1 heterocycles. The molecule has 0 saturated heterocycles. The maximum atomic E-state index is 11.1. The van der Waals surface area contributed by atoms with Crippen molar-refractivity contribution in [3.8, 4) is 0 Å². The molecule has 0 saturated carbocycles. The van der Waals surface area contributed by atoms with Crippen molar-refractivity contribution in [3.05, 3.63) is 11.6 Å². The van der Waals surface area contributed by atoms with E-state index in [1.807, 2.05) is 0 Å². The highest BCUT2D eigenvalue weighted by Crippen LogP contribution is 2.09. The zero-order valence-corrected chi connectivity index (χ0v) is 9.04. The highest BCUT2D eigenvalue weighted by molar-refractivity contribution is 6.16. The molecular formula is C11H17NO3. The van der Waals surface area contributed by atoms with Crippen LogP contribution in [0.5, 0.6) is 0 Å². The van der Waals surface area contributed by atoms with Crippen molar-refractivity contribution >= 4 is 11.8 Å². The van der Waals surface area contributed by atoms with Crippen LogP contribution in [-0.2, 0) is 14.3 Å². The molecule has 0 aromatic carbocycles. The second kappa shape index (κ2) is 6.35. The van der Waals surface area contributed by atoms with Gasteiger partial charge in [-0.2, -0.15) is 0 Å². The van der Waals surface area contributed by atoms with E-state index in [2.05, 4.69) is 12.2 Å². The zero-order chi connectivity index (χ0) is 11.1. The van der Waals surface area contributed by atoms with Gasteiger partial charge in [0.25, 0.3) is 11.8 Å². The topological polar surface area (TPSA) is 55.4 Å². The fraction of sp³-hybridized carbons (Fsp3) is 0.636. The molecule has 1 rings (SSSR count). The number of hydrogen-bond donors (Lipinski definition) is 1. The number of ether oxygens (including phenoxy) is 1. The van der Waals surface area contributed by atoms with Crippen LogP contribution in [0.3, 0.4) is 0 Å². The Balaban J connectivity index is 2.08. The van der Waals surface area contributed by atoms with Crippen LogP contribution in [0.4, 0.5) is 0 Å². The summed E-state index contributed by atoms with van der Waals surface area (Å²) in [6.45, 7) is 3.54. The minimum atomic E-state index is -0.304. The highest BCUT2D eigenvalue weighted by atomic mass is 16.5. The molecule has 4 heteroatoms. The van der Waals surface area contributed by atoms with Gasteiger partial charge in [0.15, 0.2) is 0 Å². The first-order valence-corrected chi connectivity index (χ1v) is 5.37. The van der Waals surface area contributed by atoms with Crippen molar-refractivity contribution in [2.75, 3.05) is 13.2 Å². The number of carbonyl (C=O) groups excluding carboxylic acids is 2. The summed E-state index contributed by atoms with van der Waals surface area (Å²) in [6, 6.07) is 0. The maximum Gasteiger partial charge on any atom is 0.254 e. The monoisotopic (exact) mass is 211 g/mol. The van der Waals surface area contributed by atoms with Crippen LogP contribution in [-0.4, -0.2) is 25.0 Å². The third-order valence-corrected chi connectivity index (χ3v) is 2.21. The van der Waals surface area contributed by atoms with E-state index in [0.29, 0.717) is 18.6 Å². The van der Waals surface area contributed by atoms with E-state index < -0.39 is 0 Å². The number of nitrogens with one attached hydrogen (secondary N) is 1. The number of rotatable bonds is 7. The summed E-state index contributed by atoms with van der Waals surface area (Å²) in [4.78, 5) is 21.9. The summed E-state index contributed by atoms with van der Waals surface area (Å²) in [5.74, 6) is -0.560. The van der Waals surface area contributed by atoms with Crippen molar-refractivity contribution in [2.24, 2.45) is 0 Å². The van der Waals surface area contributed by atoms with Gasteiger partial charge >= 0.3 is 0 Å². The van der Waals surface area contributed by atoms with Gasteiger partial charge < -0.3 is 4.74 Å². The van der Waals surface area contributed by atoms with E-state index in [1.54, 1.807) is 0 Å². The Labute approximate surface area is 89.7 Å². The molecule has 0 spiro atoms. The normalized spacial score (nSPS) is 15.4. The molecule has 0 bridgehead atoms. The van der Waals surface area contributed by atoms with Crippen molar-refractivity contribution in [1.82, 2.24) is 5.32 Å². The van der Waals surface area contributed by atoms with E-state index in [9.17, 15) is 9.59 Å². The second-order valence-corrected chi connectivity index (χ2v) is 3.56. The van der Waals surface area contributed by atoms with E-state index in [-0.39, 0.29) is 11.8 Å². The first-order valence-electron chi connectivity index (χ1n) is 5.37. The van der Waals surface area contributed by atoms with Gasteiger partial charge in [-0.15, -0.1) is 0 Å². The number of hydrogen-bond acceptors (Lipinski definition) is 3. The molecule has 0 aromatic heterocycles. The van der Waals surface area contributed by atoms with E-state index in [1.165, 1.54) is 6.08 Å². The van der Waals surface area contributed by atoms with Gasteiger partial charge in [0.05, 0.1) is 0 Å². The first-order chi connectivity index (χ1) is 7.24. The lowest BCUT2D eigenvalue weighted by molar-refractivity contribution is -0.123. The Bertz CT molecular complexity index is 271. The molecule has 0 aromatic rings. The van der Waals surface area contributed by atoms with E-state index in [4.69, 9.17) is 4.74 Å². The highest BCUT2D eigenvalue weighted by Gasteiger charge is 2.19. The van der Waals surface area contributed by atoms with Crippen molar-refractivity contribution in [1.29, 1.82) is 0 Å². The van der Waals surface area contributed by atoms with Gasteiger partial charge in [-0.1, -0.05) is 13.3 Å². The SMILES string of the molecule is CCCCOCCCC1=CC(=O)NC1=O. The van der Waals surface area contributed by atoms with E-state index >= 15 is 0 Å². The van der Waals surface area contributed by atoms with Crippen LogP contribution >= 0.6 is 0 Å². The van der Waals surface area contributed by atoms with Gasteiger partial charge in [-0.05, 0) is 19.3 Å². The minimum Gasteiger partial charge on any atom is -0.381 e. The predicted molar refractivity (Wildman–Crippen MR) is 56.2 cm³/mol. The second-order valence-electron chi connectivity index (χ2n) is 3.56. The van der Waals surface area contributed by atoms with Crippen LogP contribution in [0.15, 0.2) is 11.6 Å². The Hall–Kier alpha value is -1.16. The number of unbranched alkanes of at least 4 members (excludes halogenated alkanes) is 1. The Kier molecular flexibility index (Phi) is 5.04. The van der Waals surface area contributed by atoms with Gasteiger partial charge in [0, 0.05) is 24.9 Å². The van der Waals surface area contributed by atoms with Crippen LogP contribution < -0.4 is 5.32 Å². The molecule has 1 aliphatic rings. The molecule has 0 aliphatic carbocycles.